The third-order valence-corrected chi connectivity index (χ3v) is 3.54. The molecule has 5 heteroatoms. The lowest BCUT2D eigenvalue weighted by Crippen LogP contribution is -2.41. The number of ether oxygens (including phenoxy) is 1. The number of nitrogens with zero attached hydrogens (tertiary/aromatic N) is 1. The van der Waals surface area contributed by atoms with Crippen LogP contribution in [0.25, 0.3) is 0 Å². The SMILES string of the molecule is CN(CC(C)(C)CN)C(=O)COc1ccc(I)cc1. The summed E-state index contributed by atoms with van der Waals surface area (Å²) in [4.78, 5) is 13.6. The summed E-state index contributed by atoms with van der Waals surface area (Å²) in [6.07, 6.45) is 0. The number of halogens is 1. The van der Waals surface area contributed by atoms with E-state index in [1.54, 1.807) is 11.9 Å². The molecule has 1 aromatic rings. The number of hydrogen-bond acceptors (Lipinski definition) is 3. The first kappa shape index (κ1) is 16.2. The van der Waals surface area contributed by atoms with Crippen molar-refractivity contribution in [2.24, 2.45) is 11.1 Å². The molecule has 0 atom stereocenters. The largest absolute Gasteiger partial charge is 0.484 e. The first-order chi connectivity index (χ1) is 8.84. The van der Waals surface area contributed by atoms with Crippen molar-refractivity contribution in [3.05, 3.63) is 27.8 Å². The molecule has 0 spiro atoms. The third-order valence-electron chi connectivity index (χ3n) is 2.82. The molecule has 0 fully saturated rings. The maximum atomic E-state index is 11.9. The summed E-state index contributed by atoms with van der Waals surface area (Å²) in [6, 6.07) is 7.61. The van der Waals surface area contributed by atoms with E-state index < -0.39 is 0 Å². The van der Waals surface area contributed by atoms with E-state index in [1.165, 1.54) is 0 Å². The fourth-order valence-corrected chi connectivity index (χ4v) is 1.94. The minimum absolute atomic E-state index is 0.0416. The second kappa shape index (κ2) is 7.09. The highest BCUT2D eigenvalue weighted by atomic mass is 127. The number of carbonyl (C=O) groups is 1. The molecule has 2 N–H and O–H groups in total. The van der Waals surface area contributed by atoms with E-state index in [4.69, 9.17) is 10.5 Å². The molecular formula is C14H21IN2O2. The van der Waals surface area contributed by atoms with E-state index in [0.717, 1.165) is 3.57 Å². The van der Waals surface area contributed by atoms with Crippen LogP contribution >= 0.6 is 22.6 Å². The molecule has 0 aliphatic rings. The van der Waals surface area contributed by atoms with Crippen LogP contribution in [0.1, 0.15) is 13.8 Å². The zero-order valence-electron chi connectivity index (χ0n) is 11.6. The summed E-state index contributed by atoms with van der Waals surface area (Å²) in [5.41, 5.74) is 5.59. The predicted molar refractivity (Wildman–Crippen MR) is 85.1 cm³/mol. The van der Waals surface area contributed by atoms with Gasteiger partial charge in [0.05, 0.1) is 0 Å². The molecule has 0 heterocycles. The van der Waals surface area contributed by atoms with Gasteiger partial charge in [0.25, 0.3) is 5.91 Å². The Morgan fingerprint density at radius 2 is 1.95 bits per heavy atom. The monoisotopic (exact) mass is 376 g/mol. The van der Waals surface area contributed by atoms with Gasteiger partial charge in [0.1, 0.15) is 5.75 Å². The smallest absolute Gasteiger partial charge is 0.260 e. The van der Waals surface area contributed by atoms with Gasteiger partial charge in [-0.1, -0.05) is 13.8 Å². The summed E-state index contributed by atoms with van der Waals surface area (Å²) < 4.78 is 6.60. The first-order valence-corrected chi connectivity index (χ1v) is 7.24. The topological polar surface area (TPSA) is 55.6 Å². The van der Waals surface area contributed by atoms with E-state index in [-0.39, 0.29) is 17.9 Å². The molecule has 1 amide bonds. The Morgan fingerprint density at radius 3 is 2.47 bits per heavy atom. The lowest BCUT2D eigenvalue weighted by atomic mass is 9.93. The molecule has 19 heavy (non-hydrogen) atoms. The maximum absolute atomic E-state index is 11.9. The summed E-state index contributed by atoms with van der Waals surface area (Å²) in [7, 11) is 1.77. The number of hydrogen-bond donors (Lipinski definition) is 1. The van der Waals surface area contributed by atoms with Crippen molar-refractivity contribution in [1.82, 2.24) is 4.90 Å². The second-order valence-electron chi connectivity index (χ2n) is 5.36. The minimum Gasteiger partial charge on any atom is -0.484 e. The van der Waals surface area contributed by atoms with E-state index >= 15 is 0 Å². The number of nitrogens with two attached hydrogens (primary N) is 1. The predicted octanol–water partition coefficient (Wildman–Crippen LogP) is 2.11. The number of likely N-dealkylation sites (N-methyl/N-ethyl adjacent to an activating group) is 1. The van der Waals surface area contributed by atoms with E-state index in [2.05, 4.69) is 22.6 Å². The van der Waals surface area contributed by atoms with Crippen LogP contribution in [-0.2, 0) is 4.79 Å². The average molecular weight is 376 g/mol. The molecule has 0 unspecified atom stereocenters. The zero-order chi connectivity index (χ0) is 14.5. The first-order valence-electron chi connectivity index (χ1n) is 6.16. The van der Waals surface area contributed by atoms with Gasteiger partial charge in [-0.15, -0.1) is 0 Å². The number of benzene rings is 1. The van der Waals surface area contributed by atoms with Crippen LogP contribution in [0.5, 0.6) is 5.75 Å². The Kier molecular flexibility index (Phi) is 6.06. The average Bonchev–Trinajstić information content (AvgIpc) is 2.37. The van der Waals surface area contributed by atoms with Gasteiger partial charge in [-0.25, -0.2) is 0 Å². The van der Waals surface area contributed by atoms with Crippen LogP contribution in [-0.4, -0.2) is 37.6 Å². The lowest BCUT2D eigenvalue weighted by molar-refractivity contribution is -0.133. The van der Waals surface area contributed by atoms with E-state index in [9.17, 15) is 4.79 Å². The fourth-order valence-electron chi connectivity index (χ4n) is 1.58. The molecule has 1 aromatic carbocycles. The van der Waals surface area contributed by atoms with Crippen LogP contribution in [0.15, 0.2) is 24.3 Å². The molecule has 0 radical (unpaired) electrons. The molecular weight excluding hydrogens is 355 g/mol. The standard InChI is InChI=1S/C14H21IN2O2/c1-14(2,9-16)10-17(3)13(18)8-19-12-6-4-11(15)5-7-12/h4-7H,8-10,16H2,1-3H3. The Labute approximate surface area is 128 Å². The Morgan fingerprint density at radius 1 is 1.37 bits per heavy atom. The van der Waals surface area contributed by atoms with Crippen LogP contribution in [0, 0.1) is 8.99 Å². The summed E-state index contributed by atoms with van der Waals surface area (Å²) in [6.45, 7) is 5.30. The number of amides is 1. The fraction of sp³-hybridized carbons (Fsp3) is 0.500. The molecule has 0 saturated heterocycles. The minimum atomic E-state index is -0.0761. The van der Waals surface area contributed by atoms with Crippen molar-refractivity contribution in [2.75, 3.05) is 26.7 Å². The highest BCUT2D eigenvalue weighted by Gasteiger charge is 2.21. The van der Waals surface area contributed by atoms with E-state index in [1.807, 2.05) is 38.1 Å². The molecule has 1 rings (SSSR count). The van der Waals surface area contributed by atoms with Crippen LogP contribution in [0.2, 0.25) is 0 Å². The highest BCUT2D eigenvalue weighted by molar-refractivity contribution is 14.1. The van der Waals surface area contributed by atoms with Crippen molar-refractivity contribution in [3.63, 3.8) is 0 Å². The van der Waals surface area contributed by atoms with Gasteiger partial charge in [0.2, 0.25) is 0 Å². The molecule has 0 saturated carbocycles. The van der Waals surface area contributed by atoms with Crippen LogP contribution in [0.3, 0.4) is 0 Å². The van der Waals surface area contributed by atoms with E-state index in [0.29, 0.717) is 18.8 Å². The summed E-state index contributed by atoms with van der Waals surface area (Å²) in [5, 5.41) is 0. The van der Waals surface area contributed by atoms with Crippen molar-refractivity contribution >= 4 is 28.5 Å². The number of rotatable bonds is 6. The van der Waals surface area contributed by atoms with Crippen molar-refractivity contribution in [2.45, 2.75) is 13.8 Å². The Balaban J connectivity index is 2.44. The Hall–Kier alpha value is -0.820. The third kappa shape index (κ3) is 5.78. The molecule has 0 aromatic heterocycles. The van der Waals surface area contributed by atoms with Gasteiger partial charge in [-0.05, 0) is 58.8 Å². The highest BCUT2D eigenvalue weighted by Crippen LogP contribution is 2.15. The molecule has 0 bridgehead atoms. The van der Waals surface area contributed by atoms with Crippen LogP contribution in [0.4, 0.5) is 0 Å². The number of carbonyl (C=O) groups excluding carboxylic acids is 1. The lowest BCUT2D eigenvalue weighted by Gasteiger charge is -2.29. The van der Waals surface area contributed by atoms with Gasteiger partial charge < -0.3 is 15.4 Å². The molecule has 4 nitrogen and oxygen atoms in total. The zero-order valence-corrected chi connectivity index (χ0v) is 13.8. The van der Waals surface area contributed by atoms with Crippen molar-refractivity contribution < 1.29 is 9.53 Å². The molecule has 0 aliphatic heterocycles. The quantitative estimate of drug-likeness (QED) is 0.774. The van der Waals surface area contributed by atoms with Crippen LogP contribution < -0.4 is 10.5 Å². The van der Waals surface area contributed by atoms with Gasteiger partial charge in [-0.3, -0.25) is 4.79 Å². The van der Waals surface area contributed by atoms with Gasteiger partial charge in [0, 0.05) is 17.2 Å². The molecule has 106 valence electrons. The molecule has 0 aliphatic carbocycles. The summed E-state index contributed by atoms with van der Waals surface area (Å²) >= 11 is 2.23. The van der Waals surface area contributed by atoms with Gasteiger partial charge in [-0.2, -0.15) is 0 Å². The summed E-state index contributed by atoms with van der Waals surface area (Å²) in [5.74, 6) is 0.667. The van der Waals surface area contributed by atoms with Gasteiger partial charge >= 0.3 is 0 Å². The van der Waals surface area contributed by atoms with Gasteiger partial charge in [0.15, 0.2) is 6.61 Å². The Bertz CT molecular complexity index is 418. The van der Waals surface area contributed by atoms with Crippen molar-refractivity contribution in [3.8, 4) is 5.75 Å². The van der Waals surface area contributed by atoms with Crippen molar-refractivity contribution in [1.29, 1.82) is 0 Å². The normalized spacial score (nSPS) is 11.2. The maximum Gasteiger partial charge on any atom is 0.260 e. The second-order valence-corrected chi connectivity index (χ2v) is 6.61.